The van der Waals surface area contributed by atoms with E-state index in [2.05, 4.69) is 37.5 Å². The van der Waals surface area contributed by atoms with Crippen molar-refractivity contribution < 1.29 is 8.78 Å². The summed E-state index contributed by atoms with van der Waals surface area (Å²) < 4.78 is 27.4. The Bertz CT molecular complexity index is 1320. The second-order valence-electron chi connectivity index (χ2n) is 8.29. The van der Waals surface area contributed by atoms with Gasteiger partial charge in [0, 0.05) is 29.4 Å². The summed E-state index contributed by atoms with van der Waals surface area (Å²) in [5, 5.41) is 11.4. The van der Waals surface area contributed by atoms with E-state index in [1.165, 1.54) is 12.1 Å². The lowest BCUT2D eigenvalue weighted by Gasteiger charge is -2.27. The molecular weight excluding hydrogens is 434 g/mol. The van der Waals surface area contributed by atoms with Gasteiger partial charge in [0.05, 0.1) is 24.1 Å². The smallest absolute Gasteiger partial charge is 0.145 e. The second-order valence-corrected chi connectivity index (χ2v) is 8.29. The molecule has 2 aromatic carbocycles. The van der Waals surface area contributed by atoms with Crippen LogP contribution in [0.25, 0.3) is 27.7 Å². The third kappa shape index (κ3) is 4.87. The Labute approximate surface area is 196 Å². The van der Waals surface area contributed by atoms with E-state index in [-0.39, 0.29) is 11.9 Å². The van der Waals surface area contributed by atoms with Crippen LogP contribution in [0, 0.1) is 5.82 Å². The fourth-order valence-corrected chi connectivity index (χ4v) is 3.99. The zero-order valence-electron chi connectivity index (χ0n) is 18.4. The number of pyridine rings is 1. The van der Waals surface area contributed by atoms with Gasteiger partial charge >= 0.3 is 0 Å². The van der Waals surface area contributed by atoms with Gasteiger partial charge in [-0.15, -0.1) is 0 Å². The highest BCUT2D eigenvalue weighted by Crippen LogP contribution is 2.26. The normalized spacial score (nSPS) is 17.9. The number of halogens is 2. The molecule has 3 N–H and O–H groups in total. The summed E-state index contributed by atoms with van der Waals surface area (Å²) in [6, 6.07) is 13.7. The molecule has 0 radical (unpaired) electrons. The number of rotatable bonds is 6. The highest BCUT2D eigenvalue weighted by atomic mass is 19.1. The van der Waals surface area contributed by atoms with Gasteiger partial charge in [-0.25, -0.2) is 18.7 Å². The van der Waals surface area contributed by atoms with Gasteiger partial charge in [0.1, 0.15) is 23.6 Å². The van der Waals surface area contributed by atoms with Gasteiger partial charge in [-0.1, -0.05) is 30.8 Å². The number of benzene rings is 2. The molecule has 8 heteroatoms. The third-order valence-electron chi connectivity index (χ3n) is 5.87. The van der Waals surface area contributed by atoms with Crippen LogP contribution in [0.1, 0.15) is 12.0 Å². The first kappa shape index (κ1) is 21.9. The fourth-order valence-electron chi connectivity index (χ4n) is 3.99. The highest BCUT2D eigenvalue weighted by Gasteiger charge is 2.24. The first-order chi connectivity index (χ1) is 16.5. The van der Waals surface area contributed by atoms with E-state index >= 15 is 0 Å². The Morgan fingerprint density at radius 2 is 1.85 bits per heavy atom. The number of piperidine rings is 1. The molecule has 6 nitrogen and oxygen atoms in total. The largest absolute Gasteiger partial charge is 0.363 e. The predicted molar refractivity (Wildman–Crippen MR) is 132 cm³/mol. The van der Waals surface area contributed by atoms with Crippen molar-refractivity contribution in [3.63, 3.8) is 0 Å². The average molecular weight is 459 g/mol. The van der Waals surface area contributed by atoms with Crippen molar-refractivity contribution >= 4 is 28.1 Å². The van der Waals surface area contributed by atoms with Crippen LogP contribution in [0.2, 0.25) is 0 Å². The first-order valence-electron chi connectivity index (χ1n) is 11.1. The Morgan fingerprint density at radius 1 is 1.00 bits per heavy atom. The van der Waals surface area contributed by atoms with Crippen LogP contribution in [0.3, 0.4) is 0 Å². The number of aromatic nitrogens is 3. The Hall–Kier alpha value is -3.91. The van der Waals surface area contributed by atoms with Gasteiger partial charge in [0.15, 0.2) is 0 Å². The molecule has 1 fully saturated rings. The van der Waals surface area contributed by atoms with Gasteiger partial charge in [0.2, 0.25) is 0 Å². The second kappa shape index (κ2) is 9.52. The molecule has 0 amide bonds. The summed E-state index contributed by atoms with van der Waals surface area (Å²) in [5.74, 6) is 0.885. The summed E-state index contributed by atoms with van der Waals surface area (Å²) in [7, 11) is 0. The van der Waals surface area contributed by atoms with E-state index in [0.717, 1.165) is 28.4 Å². The van der Waals surface area contributed by atoms with Crippen LogP contribution in [-0.2, 0) is 0 Å². The van der Waals surface area contributed by atoms with E-state index in [4.69, 9.17) is 0 Å². The van der Waals surface area contributed by atoms with Gasteiger partial charge in [-0.3, -0.25) is 4.98 Å². The van der Waals surface area contributed by atoms with Crippen molar-refractivity contribution in [3.05, 3.63) is 85.1 Å². The number of hydrogen-bond donors (Lipinski definition) is 3. The minimum absolute atomic E-state index is 0.281. The van der Waals surface area contributed by atoms with E-state index in [9.17, 15) is 8.78 Å². The molecule has 1 aliphatic heterocycles. The molecule has 4 aromatic rings. The maximum atomic E-state index is 14.2. The molecular formula is C26H24F2N6. The molecule has 5 rings (SSSR count). The lowest BCUT2D eigenvalue weighted by molar-refractivity contribution is 0.244. The molecule has 2 aromatic heterocycles. The SMILES string of the molecule is C=C(Nc1cc2cc(-c3cncc(NC4CCNC[C@@H]4F)n3)ccc2cn1)c1ccc(F)cc1. The molecule has 0 saturated carbocycles. The van der Waals surface area contributed by atoms with Crippen LogP contribution >= 0.6 is 0 Å². The molecule has 2 atom stereocenters. The topological polar surface area (TPSA) is 74.8 Å². The first-order valence-corrected chi connectivity index (χ1v) is 11.1. The average Bonchev–Trinajstić information content (AvgIpc) is 2.85. The Kier molecular flexibility index (Phi) is 6.14. The quantitative estimate of drug-likeness (QED) is 0.377. The summed E-state index contributed by atoms with van der Waals surface area (Å²) in [6.07, 6.45) is 4.81. The monoisotopic (exact) mass is 458 g/mol. The van der Waals surface area contributed by atoms with Crippen LogP contribution in [-0.4, -0.2) is 40.3 Å². The number of fused-ring (bicyclic) bond motifs is 1. The maximum absolute atomic E-state index is 14.2. The maximum Gasteiger partial charge on any atom is 0.145 e. The van der Waals surface area contributed by atoms with Crippen molar-refractivity contribution in [2.24, 2.45) is 0 Å². The van der Waals surface area contributed by atoms with E-state index in [1.807, 2.05) is 24.3 Å². The van der Waals surface area contributed by atoms with Crippen molar-refractivity contribution in [3.8, 4) is 11.3 Å². The van der Waals surface area contributed by atoms with Crippen LogP contribution in [0.15, 0.2) is 73.7 Å². The highest BCUT2D eigenvalue weighted by molar-refractivity contribution is 5.89. The van der Waals surface area contributed by atoms with Crippen LogP contribution in [0.4, 0.5) is 20.4 Å². The molecule has 3 heterocycles. The molecule has 0 spiro atoms. The molecule has 1 unspecified atom stereocenters. The number of nitrogens with zero attached hydrogens (tertiary/aromatic N) is 3. The predicted octanol–water partition coefficient (Wildman–Crippen LogP) is 5.03. The van der Waals surface area contributed by atoms with Crippen molar-refractivity contribution in [1.82, 2.24) is 20.3 Å². The Morgan fingerprint density at radius 3 is 2.68 bits per heavy atom. The van der Waals surface area contributed by atoms with Gasteiger partial charge in [0.25, 0.3) is 0 Å². The zero-order chi connectivity index (χ0) is 23.5. The van der Waals surface area contributed by atoms with Crippen molar-refractivity contribution in [2.75, 3.05) is 23.7 Å². The number of alkyl halides is 1. The fraction of sp³-hybridized carbons (Fsp3) is 0.192. The summed E-state index contributed by atoms with van der Waals surface area (Å²) in [6.45, 7) is 5.14. The summed E-state index contributed by atoms with van der Waals surface area (Å²) >= 11 is 0. The molecule has 0 bridgehead atoms. The number of nitrogens with one attached hydrogen (secondary N) is 3. The van der Waals surface area contributed by atoms with Crippen molar-refractivity contribution in [1.29, 1.82) is 0 Å². The Balaban J connectivity index is 1.37. The van der Waals surface area contributed by atoms with Crippen LogP contribution in [0.5, 0.6) is 0 Å². The van der Waals surface area contributed by atoms with Gasteiger partial charge < -0.3 is 16.0 Å². The van der Waals surface area contributed by atoms with Crippen LogP contribution < -0.4 is 16.0 Å². The molecule has 34 heavy (non-hydrogen) atoms. The summed E-state index contributed by atoms with van der Waals surface area (Å²) in [4.78, 5) is 13.4. The number of anilines is 2. The molecule has 0 aliphatic carbocycles. The number of hydrogen-bond acceptors (Lipinski definition) is 6. The lowest BCUT2D eigenvalue weighted by atomic mass is 10.0. The summed E-state index contributed by atoms with van der Waals surface area (Å²) in [5.41, 5.74) is 2.98. The minimum atomic E-state index is -0.969. The third-order valence-corrected chi connectivity index (χ3v) is 5.87. The lowest BCUT2D eigenvalue weighted by Crippen LogP contribution is -2.45. The van der Waals surface area contributed by atoms with E-state index in [1.54, 1.807) is 30.7 Å². The van der Waals surface area contributed by atoms with Gasteiger partial charge in [-0.05, 0) is 48.2 Å². The molecule has 1 saturated heterocycles. The van der Waals surface area contributed by atoms with E-state index < -0.39 is 6.17 Å². The minimum Gasteiger partial charge on any atom is -0.363 e. The zero-order valence-corrected chi connectivity index (χ0v) is 18.4. The van der Waals surface area contributed by atoms with E-state index in [0.29, 0.717) is 36.0 Å². The standard InChI is InChI=1S/C26H24F2N6/c1-16(17-4-6-21(27)7-5-17)32-25-11-20-10-18(2-3-19(20)12-31-25)24-14-30-15-26(34-24)33-23-8-9-29-13-22(23)28/h2-7,10-12,14-15,22-23,29H,1,8-9,13H2,(H,31,32)(H,33,34)/t22-,23?/m0/s1. The van der Waals surface area contributed by atoms with Gasteiger partial charge in [-0.2, -0.15) is 0 Å². The molecule has 1 aliphatic rings. The molecule has 172 valence electrons. The van der Waals surface area contributed by atoms with Crippen molar-refractivity contribution in [2.45, 2.75) is 18.6 Å².